The number of aliphatic hydroxyl groups is 1. The Morgan fingerprint density at radius 2 is 1.67 bits per heavy atom. The molecule has 1 aliphatic heterocycles. The van der Waals surface area contributed by atoms with Gasteiger partial charge in [0.1, 0.15) is 0 Å². The van der Waals surface area contributed by atoms with Crippen molar-refractivity contribution in [1.82, 2.24) is 0 Å². The first-order chi connectivity index (χ1) is 16.1. The summed E-state index contributed by atoms with van der Waals surface area (Å²) in [6.07, 6.45) is 7.92. The summed E-state index contributed by atoms with van der Waals surface area (Å²) in [5, 5.41) is 11.5. The molecule has 3 aromatic carbocycles. The third kappa shape index (κ3) is 4.03. The summed E-state index contributed by atoms with van der Waals surface area (Å²) >= 11 is 0. The first-order valence-electron chi connectivity index (χ1n) is 11.6. The molecule has 4 heteroatoms. The van der Waals surface area contributed by atoms with E-state index >= 15 is 0 Å². The summed E-state index contributed by atoms with van der Waals surface area (Å²) in [4.78, 5) is 28.2. The number of ketones is 1. The Morgan fingerprint density at radius 3 is 2.48 bits per heavy atom. The smallest absolute Gasteiger partial charge is 0.264 e. The molecule has 0 saturated heterocycles. The van der Waals surface area contributed by atoms with E-state index < -0.39 is 11.5 Å². The Balaban J connectivity index is 1.39. The Morgan fingerprint density at radius 1 is 0.939 bits per heavy atom. The molecule has 0 radical (unpaired) electrons. The third-order valence-corrected chi connectivity index (χ3v) is 6.72. The Hall–Kier alpha value is -3.50. The predicted molar refractivity (Wildman–Crippen MR) is 130 cm³/mol. The first-order valence-corrected chi connectivity index (χ1v) is 11.6. The molecule has 1 heterocycles. The van der Waals surface area contributed by atoms with Crippen molar-refractivity contribution in [1.29, 1.82) is 0 Å². The minimum absolute atomic E-state index is 0.212. The van der Waals surface area contributed by atoms with Gasteiger partial charge >= 0.3 is 0 Å². The second-order valence-electron chi connectivity index (χ2n) is 8.90. The second kappa shape index (κ2) is 8.80. The summed E-state index contributed by atoms with van der Waals surface area (Å²) in [5.41, 5.74) is 3.41. The van der Waals surface area contributed by atoms with E-state index in [-0.39, 0.29) is 12.2 Å². The molecule has 166 valence electrons. The monoisotopic (exact) mass is 437 g/mol. The minimum Gasteiger partial charge on any atom is -0.375 e. The zero-order valence-corrected chi connectivity index (χ0v) is 18.5. The number of carbonyl (C=O) groups excluding carboxylic acids is 2. The van der Waals surface area contributed by atoms with Crippen LogP contribution in [0.4, 0.5) is 5.69 Å². The molecule has 0 saturated carbocycles. The van der Waals surface area contributed by atoms with Gasteiger partial charge in [-0.2, -0.15) is 0 Å². The number of anilines is 1. The van der Waals surface area contributed by atoms with Gasteiger partial charge in [0.15, 0.2) is 11.4 Å². The molecule has 0 spiro atoms. The maximum Gasteiger partial charge on any atom is 0.264 e. The molecule has 5 rings (SSSR count). The van der Waals surface area contributed by atoms with Crippen LogP contribution in [0, 0.1) is 0 Å². The van der Waals surface area contributed by atoms with Crippen LogP contribution in [0.3, 0.4) is 0 Å². The van der Waals surface area contributed by atoms with Crippen LogP contribution in [-0.2, 0) is 23.2 Å². The molecule has 0 aromatic heterocycles. The van der Waals surface area contributed by atoms with Crippen LogP contribution in [-0.4, -0.2) is 23.3 Å². The molecule has 0 unspecified atom stereocenters. The molecule has 0 fully saturated rings. The first kappa shape index (κ1) is 21.4. The SMILES string of the molecule is O=C(C[C@]1(O)C(=O)N(CC=Cc2ccccc2)c2ccccc21)c1ccc2c(c1)CCCC2. The van der Waals surface area contributed by atoms with Crippen LogP contribution in [0.1, 0.15) is 51.9 Å². The third-order valence-electron chi connectivity index (χ3n) is 6.72. The van der Waals surface area contributed by atoms with Crippen molar-refractivity contribution in [3.63, 3.8) is 0 Å². The van der Waals surface area contributed by atoms with Gasteiger partial charge in [-0.25, -0.2) is 0 Å². The van der Waals surface area contributed by atoms with Gasteiger partial charge in [0.05, 0.1) is 12.1 Å². The van der Waals surface area contributed by atoms with E-state index in [2.05, 4.69) is 0 Å². The highest BCUT2D eigenvalue weighted by Gasteiger charge is 2.50. The summed E-state index contributed by atoms with van der Waals surface area (Å²) < 4.78 is 0. The van der Waals surface area contributed by atoms with E-state index in [1.165, 1.54) is 17.5 Å². The number of hydrogen-bond donors (Lipinski definition) is 1. The lowest BCUT2D eigenvalue weighted by molar-refractivity contribution is -0.135. The van der Waals surface area contributed by atoms with Crippen molar-refractivity contribution in [3.8, 4) is 0 Å². The van der Waals surface area contributed by atoms with Gasteiger partial charge in [0, 0.05) is 17.7 Å². The van der Waals surface area contributed by atoms with E-state index in [9.17, 15) is 14.7 Å². The fourth-order valence-electron chi connectivity index (χ4n) is 4.96. The van der Waals surface area contributed by atoms with Gasteiger partial charge in [0.25, 0.3) is 5.91 Å². The van der Waals surface area contributed by atoms with Crippen LogP contribution in [0.5, 0.6) is 0 Å². The number of para-hydroxylation sites is 1. The van der Waals surface area contributed by atoms with Crippen LogP contribution < -0.4 is 4.90 Å². The van der Waals surface area contributed by atoms with E-state index in [1.807, 2.05) is 72.8 Å². The number of rotatable bonds is 6. The normalized spacial score (nSPS) is 19.5. The Kier molecular flexibility index (Phi) is 5.69. The van der Waals surface area contributed by atoms with Gasteiger partial charge in [-0.3, -0.25) is 9.59 Å². The average molecular weight is 438 g/mol. The molecule has 2 aliphatic rings. The average Bonchev–Trinajstić information content (AvgIpc) is 3.06. The fraction of sp³-hybridized carbons (Fsp3) is 0.241. The van der Waals surface area contributed by atoms with Crippen molar-refractivity contribution < 1.29 is 14.7 Å². The number of aryl methyl sites for hydroxylation is 2. The standard InChI is InChI=1S/C29H27NO3/c31-27(24-17-16-22-12-4-5-13-23(22)19-24)20-29(33)25-14-6-7-15-26(25)30(28(29)32)18-8-11-21-9-2-1-3-10-21/h1-3,6-11,14-17,19,33H,4-5,12-13,18,20H2/t29-/m1/s1. The minimum atomic E-state index is -1.86. The van der Waals surface area contributed by atoms with Gasteiger partial charge in [0.2, 0.25) is 0 Å². The maximum absolute atomic E-state index is 13.4. The van der Waals surface area contributed by atoms with Crippen LogP contribution in [0.15, 0.2) is 78.9 Å². The number of amides is 1. The zero-order chi connectivity index (χ0) is 22.8. The lowest BCUT2D eigenvalue weighted by Gasteiger charge is -2.23. The number of carbonyl (C=O) groups is 2. The van der Waals surface area contributed by atoms with Gasteiger partial charge in [-0.05, 0) is 54.5 Å². The van der Waals surface area contributed by atoms with Crippen molar-refractivity contribution in [2.45, 2.75) is 37.7 Å². The number of hydrogen-bond acceptors (Lipinski definition) is 3. The van der Waals surface area contributed by atoms with E-state index in [1.54, 1.807) is 17.0 Å². The molecule has 4 nitrogen and oxygen atoms in total. The van der Waals surface area contributed by atoms with E-state index in [4.69, 9.17) is 0 Å². The molecule has 1 aliphatic carbocycles. The summed E-state index contributed by atoms with van der Waals surface area (Å²) in [7, 11) is 0. The van der Waals surface area contributed by atoms with Gasteiger partial charge in [-0.15, -0.1) is 0 Å². The highest BCUT2D eigenvalue weighted by Crippen LogP contribution is 2.43. The maximum atomic E-state index is 13.4. The number of Topliss-reactive ketones (excluding diaryl/α,β-unsaturated/α-hetero) is 1. The molecule has 1 N–H and O–H groups in total. The highest BCUT2D eigenvalue weighted by atomic mass is 16.3. The molecule has 3 aromatic rings. The Labute approximate surface area is 194 Å². The molecular weight excluding hydrogens is 410 g/mol. The quantitative estimate of drug-likeness (QED) is 0.547. The highest BCUT2D eigenvalue weighted by molar-refractivity contribution is 6.11. The predicted octanol–water partition coefficient (Wildman–Crippen LogP) is 5.09. The summed E-state index contributed by atoms with van der Waals surface area (Å²) in [6.45, 7) is 0.320. The second-order valence-corrected chi connectivity index (χ2v) is 8.90. The number of nitrogens with zero attached hydrogens (tertiary/aromatic N) is 1. The Bertz CT molecular complexity index is 1230. The van der Waals surface area contributed by atoms with Gasteiger partial charge in [-0.1, -0.05) is 72.8 Å². The van der Waals surface area contributed by atoms with Gasteiger partial charge < -0.3 is 10.0 Å². The molecule has 1 atom stereocenters. The molecule has 1 amide bonds. The fourth-order valence-corrected chi connectivity index (χ4v) is 4.96. The molecule has 0 bridgehead atoms. The van der Waals surface area contributed by atoms with E-state index in [0.717, 1.165) is 24.8 Å². The number of fused-ring (bicyclic) bond motifs is 2. The van der Waals surface area contributed by atoms with E-state index in [0.29, 0.717) is 23.4 Å². The zero-order valence-electron chi connectivity index (χ0n) is 18.5. The van der Waals surface area contributed by atoms with Crippen molar-refractivity contribution in [3.05, 3.63) is 107 Å². The largest absolute Gasteiger partial charge is 0.375 e. The molecule has 33 heavy (non-hydrogen) atoms. The van der Waals surface area contributed by atoms with Crippen molar-refractivity contribution in [2.75, 3.05) is 11.4 Å². The lowest BCUT2D eigenvalue weighted by Crippen LogP contribution is -2.42. The summed E-state index contributed by atoms with van der Waals surface area (Å²) in [5.74, 6) is -0.663. The van der Waals surface area contributed by atoms with Crippen LogP contribution in [0.25, 0.3) is 6.08 Å². The lowest BCUT2D eigenvalue weighted by atomic mass is 9.85. The van der Waals surface area contributed by atoms with Crippen molar-refractivity contribution >= 4 is 23.5 Å². The number of benzene rings is 3. The van der Waals surface area contributed by atoms with Crippen LogP contribution >= 0.6 is 0 Å². The van der Waals surface area contributed by atoms with Crippen LogP contribution in [0.2, 0.25) is 0 Å². The molecular formula is C29H27NO3. The summed E-state index contributed by atoms with van der Waals surface area (Å²) in [6, 6.07) is 22.9. The topological polar surface area (TPSA) is 57.6 Å². The van der Waals surface area contributed by atoms with Crippen molar-refractivity contribution in [2.24, 2.45) is 0 Å².